The number of pyridine rings is 1. The Bertz CT molecular complexity index is 1090. The SMILES string of the molecule is CN(C)CCNC(=O)c1ccnn1-c1ccc2ccc(-c3ccccc3)cn12. The number of rotatable bonds is 6. The maximum Gasteiger partial charge on any atom is 0.270 e. The highest BCUT2D eigenvalue weighted by Crippen LogP contribution is 2.23. The van der Waals surface area contributed by atoms with Gasteiger partial charge < -0.3 is 14.6 Å². The van der Waals surface area contributed by atoms with Gasteiger partial charge in [0.15, 0.2) is 0 Å². The van der Waals surface area contributed by atoms with Crippen LogP contribution in [0.5, 0.6) is 0 Å². The van der Waals surface area contributed by atoms with Crippen LogP contribution in [0.3, 0.4) is 0 Å². The van der Waals surface area contributed by atoms with Crippen LogP contribution < -0.4 is 5.32 Å². The number of benzene rings is 1. The largest absolute Gasteiger partial charge is 0.349 e. The van der Waals surface area contributed by atoms with E-state index in [0.717, 1.165) is 29.0 Å². The van der Waals surface area contributed by atoms with Gasteiger partial charge in [-0.25, -0.2) is 4.68 Å². The number of carbonyl (C=O) groups excluding carboxylic acids is 1. The Labute approximate surface area is 164 Å². The number of carbonyl (C=O) groups is 1. The molecule has 1 amide bonds. The zero-order valence-corrected chi connectivity index (χ0v) is 16.0. The summed E-state index contributed by atoms with van der Waals surface area (Å²) in [6, 6.07) is 20.2. The molecule has 0 aliphatic rings. The lowest BCUT2D eigenvalue weighted by atomic mass is 10.1. The van der Waals surface area contributed by atoms with Gasteiger partial charge in [0.2, 0.25) is 0 Å². The molecule has 0 unspecified atom stereocenters. The minimum atomic E-state index is -0.131. The van der Waals surface area contributed by atoms with Crippen molar-refractivity contribution in [3.63, 3.8) is 0 Å². The summed E-state index contributed by atoms with van der Waals surface area (Å²) >= 11 is 0. The Balaban J connectivity index is 1.69. The van der Waals surface area contributed by atoms with Gasteiger partial charge in [0.25, 0.3) is 5.91 Å². The van der Waals surface area contributed by atoms with Gasteiger partial charge in [-0.2, -0.15) is 5.10 Å². The summed E-state index contributed by atoms with van der Waals surface area (Å²) in [6.45, 7) is 1.37. The van der Waals surface area contributed by atoms with Crippen molar-refractivity contribution in [1.82, 2.24) is 24.4 Å². The molecule has 0 saturated carbocycles. The molecule has 0 atom stereocenters. The third kappa shape index (κ3) is 3.54. The quantitative estimate of drug-likeness (QED) is 0.565. The Kier molecular flexibility index (Phi) is 4.95. The predicted molar refractivity (Wildman–Crippen MR) is 111 cm³/mol. The normalized spacial score (nSPS) is 11.2. The first-order chi connectivity index (χ1) is 13.6. The highest BCUT2D eigenvalue weighted by atomic mass is 16.2. The molecule has 1 aromatic carbocycles. The number of aromatic nitrogens is 3. The number of nitrogens with one attached hydrogen (secondary N) is 1. The number of hydrogen-bond donors (Lipinski definition) is 1. The van der Waals surface area contributed by atoms with E-state index in [9.17, 15) is 4.79 Å². The predicted octanol–water partition coefficient (Wildman–Crippen LogP) is 3.08. The fourth-order valence-electron chi connectivity index (χ4n) is 3.20. The van der Waals surface area contributed by atoms with Crippen molar-refractivity contribution in [2.45, 2.75) is 0 Å². The zero-order chi connectivity index (χ0) is 19.5. The molecule has 6 heteroatoms. The molecule has 0 spiro atoms. The summed E-state index contributed by atoms with van der Waals surface area (Å²) in [4.78, 5) is 14.7. The molecule has 142 valence electrons. The molecule has 0 fully saturated rings. The van der Waals surface area contributed by atoms with Gasteiger partial charge in [-0.05, 0) is 49.5 Å². The molecule has 3 heterocycles. The lowest BCUT2D eigenvalue weighted by Crippen LogP contribution is -2.32. The average molecular weight is 373 g/mol. The number of nitrogens with zero attached hydrogens (tertiary/aromatic N) is 4. The monoisotopic (exact) mass is 373 g/mol. The van der Waals surface area contributed by atoms with E-state index in [1.807, 2.05) is 49.3 Å². The van der Waals surface area contributed by atoms with E-state index >= 15 is 0 Å². The average Bonchev–Trinajstić information content (AvgIpc) is 3.34. The lowest BCUT2D eigenvalue weighted by Gasteiger charge is -2.12. The molecule has 0 radical (unpaired) electrons. The first-order valence-electron chi connectivity index (χ1n) is 9.27. The maximum atomic E-state index is 12.6. The first-order valence-corrected chi connectivity index (χ1v) is 9.27. The summed E-state index contributed by atoms with van der Waals surface area (Å²) < 4.78 is 3.75. The van der Waals surface area contributed by atoms with Gasteiger partial charge in [-0.1, -0.05) is 36.4 Å². The number of amides is 1. The highest BCUT2D eigenvalue weighted by molar-refractivity contribution is 5.93. The van der Waals surface area contributed by atoms with Crippen LogP contribution in [-0.4, -0.2) is 52.2 Å². The van der Waals surface area contributed by atoms with Crippen molar-refractivity contribution < 1.29 is 4.79 Å². The van der Waals surface area contributed by atoms with Crippen LogP contribution in [0.15, 0.2) is 73.1 Å². The summed E-state index contributed by atoms with van der Waals surface area (Å²) in [5.41, 5.74) is 3.81. The number of likely N-dealkylation sites (N-methyl/N-ethyl adjacent to an activating group) is 1. The Hall–Kier alpha value is -3.38. The molecule has 0 aliphatic carbocycles. The van der Waals surface area contributed by atoms with Gasteiger partial charge in [0.1, 0.15) is 11.5 Å². The molecular weight excluding hydrogens is 350 g/mol. The van der Waals surface area contributed by atoms with E-state index in [2.05, 4.69) is 45.3 Å². The van der Waals surface area contributed by atoms with E-state index in [1.165, 1.54) is 0 Å². The van der Waals surface area contributed by atoms with Gasteiger partial charge in [-0.3, -0.25) is 4.79 Å². The molecule has 4 aromatic rings. The minimum absolute atomic E-state index is 0.131. The number of fused-ring (bicyclic) bond motifs is 1. The van der Waals surface area contributed by atoms with Crippen LogP contribution in [0.25, 0.3) is 22.5 Å². The van der Waals surface area contributed by atoms with E-state index in [1.54, 1.807) is 16.9 Å². The second-order valence-electron chi connectivity index (χ2n) is 6.96. The topological polar surface area (TPSA) is 54.6 Å². The molecule has 1 N–H and O–H groups in total. The third-order valence-electron chi connectivity index (χ3n) is 4.67. The van der Waals surface area contributed by atoms with Crippen LogP contribution in [0.4, 0.5) is 0 Å². The van der Waals surface area contributed by atoms with Gasteiger partial charge in [-0.15, -0.1) is 0 Å². The van der Waals surface area contributed by atoms with Crippen molar-refractivity contribution in [2.24, 2.45) is 0 Å². The van der Waals surface area contributed by atoms with Crippen molar-refractivity contribution in [1.29, 1.82) is 0 Å². The molecule has 6 nitrogen and oxygen atoms in total. The van der Waals surface area contributed by atoms with E-state index in [-0.39, 0.29) is 5.91 Å². The van der Waals surface area contributed by atoms with Gasteiger partial charge >= 0.3 is 0 Å². The van der Waals surface area contributed by atoms with Crippen molar-refractivity contribution in [2.75, 3.05) is 27.2 Å². The van der Waals surface area contributed by atoms with Crippen molar-refractivity contribution in [3.05, 3.63) is 78.8 Å². The van der Waals surface area contributed by atoms with Crippen molar-refractivity contribution in [3.8, 4) is 16.9 Å². The van der Waals surface area contributed by atoms with E-state index < -0.39 is 0 Å². The molecular formula is C22H23N5O. The molecule has 3 aromatic heterocycles. The fourth-order valence-corrected chi connectivity index (χ4v) is 3.20. The van der Waals surface area contributed by atoms with Crippen molar-refractivity contribution >= 4 is 11.4 Å². The number of hydrogen-bond acceptors (Lipinski definition) is 3. The standard InChI is InChI=1S/C22H23N5O/c1-25(2)15-14-23-22(28)20-12-13-24-27(20)21-11-10-19-9-8-18(16-26(19)21)17-6-4-3-5-7-17/h3-13,16H,14-15H2,1-2H3,(H,23,28). The Morgan fingerprint density at radius 1 is 1.00 bits per heavy atom. The summed E-state index contributed by atoms with van der Waals surface area (Å²) in [6.07, 6.45) is 3.73. The molecule has 4 rings (SSSR count). The van der Waals surface area contributed by atoms with Crippen LogP contribution in [-0.2, 0) is 0 Å². The lowest BCUT2D eigenvalue weighted by molar-refractivity contribution is 0.0943. The second-order valence-corrected chi connectivity index (χ2v) is 6.96. The minimum Gasteiger partial charge on any atom is -0.349 e. The third-order valence-corrected chi connectivity index (χ3v) is 4.67. The summed E-state index contributed by atoms with van der Waals surface area (Å²) in [7, 11) is 3.96. The van der Waals surface area contributed by atoms with Crippen LogP contribution in [0.2, 0.25) is 0 Å². The van der Waals surface area contributed by atoms with Gasteiger partial charge in [0.05, 0.1) is 6.20 Å². The molecule has 0 bridgehead atoms. The summed E-state index contributed by atoms with van der Waals surface area (Å²) in [5.74, 6) is 0.698. The Morgan fingerprint density at radius 2 is 1.79 bits per heavy atom. The van der Waals surface area contributed by atoms with Crippen LogP contribution >= 0.6 is 0 Å². The van der Waals surface area contributed by atoms with E-state index in [4.69, 9.17) is 0 Å². The van der Waals surface area contributed by atoms with E-state index in [0.29, 0.717) is 12.2 Å². The highest BCUT2D eigenvalue weighted by Gasteiger charge is 2.15. The van der Waals surface area contributed by atoms with Gasteiger partial charge in [0, 0.05) is 24.8 Å². The Morgan fingerprint density at radius 3 is 2.57 bits per heavy atom. The molecule has 28 heavy (non-hydrogen) atoms. The van der Waals surface area contributed by atoms with Crippen LogP contribution in [0.1, 0.15) is 10.5 Å². The fraction of sp³-hybridized carbons (Fsp3) is 0.182. The smallest absolute Gasteiger partial charge is 0.270 e. The molecule has 0 saturated heterocycles. The maximum absolute atomic E-state index is 12.6. The van der Waals surface area contributed by atoms with Crippen LogP contribution in [0, 0.1) is 0 Å². The summed E-state index contributed by atoms with van der Waals surface area (Å²) in [5, 5.41) is 7.35. The zero-order valence-electron chi connectivity index (χ0n) is 16.0. The molecule has 0 aliphatic heterocycles. The second kappa shape index (κ2) is 7.70. The first kappa shape index (κ1) is 18.0.